The number of carbonyl (C=O) groups is 1. The highest BCUT2D eigenvalue weighted by Crippen LogP contribution is 2.37. The Kier molecular flexibility index (Phi) is 5.97. The van der Waals surface area contributed by atoms with Gasteiger partial charge in [0.25, 0.3) is 0 Å². The monoisotopic (exact) mass is 417 g/mol. The maximum atomic E-state index is 12.3. The summed E-state index contributed by atoms with van der Waals surface area (Å²) in [5.74, 6) is 0.580. The molecular weight excluding hydrogens is 381 g/mol. The molecule has 0 bridgehead atoms. The summed E-state index contributed by atoms with van der Waals surface area (Å²) in [6, 6.07) is 0. The van der Waals surface area contributed by atoms with E-state index in [1.165, 1.54) is 0 Å². The van der Waals surface area contributed by atoms with Crippen molar-refractivity contribution >= 4 is 24.5 Å². The zero-order chi connectivity index (χ0) is 22.4. The molecule has 0 aromatic carbocycles. The van der Waals surface area contributed by atoms with Crippen molar-refractivity contribution in [2.45, 2.75) is 91.5 Å². The lowest BCUT2D eigenvalue weighted by Crippen LogP contribution is -2.42. The highest BCUT2D eigenvalue weighted by molar-refractivity contribution is 6.61. The third kappa shape index (κ3) is 5.14. The fourth-order valence-corrected chi connectivity index (χ4v) is 3.74. The van der Waals surface area contributed by atoms with Crippen LogP contribution in [0.1, 0.15) is 74.7 Å². The molecule has 30 heavy (non-hydrogen) atoms. The molecule has 2 aliphatic heterocycles. The Hall–Kier alpha value is -1.67. The van der Waals surface area contributed by atoms with Crippen molar-refractivity contribution in [3.05, 3.63) is 12.4 Å². The normalized spacial score (nSPS) is 22.8. The SMILES string of the molecule is CC1(CC(=O)OC(C)(C)C)CCN(c2ncc(B3OC(C)(C)C(C)(C)O3)cn2)CC1. The van der Waals surface area contributed by atoms with Crippen molar-refractivity contribution in [1.82, 2.24) is 9.97 Å². The molecule has 0 aliphatic carbocycles. The van der Waals surface area contributed by atoms with Crippen LogP contribution in [-0.2, 0) is 18.8 Å². The van der Waals surface area contributed by atoms with Gasteiger partial charge in [0, 0.05) is 30.9 Å². The minimum absolute atomic E-state index is 0.0541. The molecule has 2 saturated heterocycles. The lowest BCUT2D eigenvalue weighted by molar-refractivity contribution is -0.157. The number of rotatable bonds is 4. The van der Waals surface area contributed by atoms with Crippen molar-refractivity contribution in [3.8, 4) is 0 Å². The number of esters is 1. The Labute approximate surface area is 181 Å². The fraction of sp³-hybridized carbons (Fsp3) is 0.773. The van der Waals surface area contributed by atoms with E-state index in [0.29, 0.717) is 12.4 Å². The summed E-state index contributed by atoms with van der Waals surface area (Å²) in [5, 5.41) is 0. The number of anilines is 1. The summed E-state index contributed by atoms with van der Waals surface area (Å²) < 4.78 is 17.7. The molecule has 3 rings (SSSR count). The lowest BCUT2D eigenvalue weighted by atomic mass is 9.77. The molecule has 1 aromatic rings. The number of ether oxygens (including phenoxy) is 1. The summed E-state index contributed by atoms with van der Waals surface area (Å²) in [6.07, 6.45) is 5.82. The van der Waals surface area contributed by atoms with Crippen LogP contribution in [0.2, 0.25) is 0 Å². The second-order valence-electron chi connectivity index (χ2n) is 11.0. The molecule has 0 radical (unpaired) electrons. The molecule has 166 valence electrons. The van der Waals surface area contributed by atoms with E-state index in [0.717, 1.165) is 31.4 Å². The van der Waals surface area contributed by atoms with E-state index in [4.69, 9.17) is 14.0 Å². The predicted molar refractivity (Wildman–Crippen MR) is 118 cm³/mol. The maximum absolute atomic E-state index is 12.3. The highest BCUT2D eigenvalue weighted by Gasteiger charge is 2.52. The van der Waals surface area contributed by atoms with Gasteiger partial charge < -0.3 is 18.9 Å². The van der Waals surface area contributed by atoms with Gasteiger partial charge in [-0.25, -0.2) is 9.97 Å². The number of carbonyl (C=O) groups excluding carboxylic acids is 1. The number of piperidine rings is 1. The molecule has 0 atom stereocenters. The van der Waals surface area contributed by atoms with Crippen LogP contribution in [0.25, 0.3) is 0 Å². The fourth-order valence-electron chi connectivity index (χ4n) is 3.74. The van der Waals surface area contributed by atoms with E-state index >= 15 is 0 Å². The second-order valence-corrected chi connectivity index (χ2v) is 11.0. The molecule has 1 aromatic heterocycles. The van der Waals surface area contributed by atoms with E-state index in [1.807, 2.05) is 48.5 Å². The van der Waals surface area contributed by atoms with Gasteiger partial charge in [0.15, 0.2) is 0 Å². The van der Waals surface area contributed by atoms with Crippen molar-refractivity contribution in [2.24, 2.45) is 5.41 Å². The third-order valence-corrected chi connectivity index (χ3v) is 6.43. The number of hydrogen-bond donors (Lipinski definition) is 0. The largest absolute Gasteiger partial charge is 0.498 e. The smallest absolute Gasteiger partial charge is 0.460 e. The Morgan fingerprint density at radius 1 is 1.07 bits per heavy atom. The van der Waals surface area contributed by atoms with Crippen LogP contribution in [0.4, 0.5) is 5.95 Å². The first-order chi connectivity index (χ1) is 13.7. The molecule has 7 nitrogen and oxygen atoms in total. The average molecular weight is 417 g/mol. The van der Waals surface area contributed by atoms with Gasteiger partial charge in [0.2, 0.25) is 5.95 Å². The van der Waals surface area contributed by atoms with E-state index in [2.05, 4.69) is 21.8 Å². The van der Waals surface area contributed by atoms with Crippen molar-refractivity contribution < 1.29 is 18.8 Å². The molecule has 0 N–H and O–H groups in total. The van der Waals surface area contributed by atoms with E-state index in [9.17, 15) is 4.79 Å². The Morgan fingerprint density at radius 2 is 1.57 bits per heavy atom. The predicted octanol–water partition coefficient (Wildman–Crippen LogP) is 3.11. The van der Waals surface area contributed by atoms with E-state index < -0.39 is 12.7 Å². The molecule has 3 heterocycles. The minimum Gasteiger partial charge on any atom is -0.460 e. The first-order valence-electron chi connectivity index (χ1n) is 10.8. The van der Waals surface area contributed by atoms with Gasteiger partial charge in [-0.1, -0.05) is 6.92 Å². The first kappa shape index (κ1) is 23.0. The van der Waals surface area contributed by atoms with Crippen LogP contribution < -0.4 is 10.4 Å². The van der Waals surface area contributed by atoms with Crippen LogP contribution in [0.3, 0.4) is 0 Å². The van der Waals surface area contributed by atoms with Crippen LogP contribution >= 0.6 is 0 Å². The topological polar surface area (TPSA) is 73.8 Å². The van der Waals surface area contributed by atoms with Crippen LogP contribution in [0, 0.1) is 5.41 Å². The Bertz CT molecular complexity index is 750. The van der Waals surface area contributed by atoms with Crippen molar-refractivity contribution in [2.75, 3.05) is 18.0 Å². The van der Waals surface area contributed by atoms with E-state index in [1.54, 1.807) is 12.4 Å². The molecule has 2 aliphatic rings. The van der Waals surface area contributed by atoms with Gasteiger partial charge in [0.1, 0.15) is 5.60 Å². The third-order valence-electron chi connectivity index (χ3n) is 6.43. The quantitative estimate of drug-likeness (QED) is 0.551. The summed E-state index contributed by atoms with van der Waals surface area (Å²) in [5.41, 5.74) is -0.449. The Morgan fingerprint density at radius 3 is 2.03 bits per heavy atom. The van der Waals surface area contributed by atoms with Crippen LogP contribution in [0.5, 0.6) is 0 Å². The minimum atomic E-state index is -0.456. The molecule has 0 amide bonds. The first-order valence-corrected chi connectivity index (χ1v) is 10.8. The average Bonchev–Trinajstić information content (AvgIpc) is 2.81. The van der Waals surface area contributed by atoms with Gasteiger partial charge in [-0.2, -0.15) is 0 Å². The van der Waals surface area contributed by atoms with Gasteiger partial charge >= 0.3 is 13.1 Å². The highest BCUT2D eigenvalue weighted by atomic mass is 16.7. The summed E-state index contributed by atoms with van der Waals surface area (Å²) >= 11 is 0. The van der Waals surface area contributed by atoms with Gasteiger partial charge in [-0.15, -0.1) is 0 Å². The lowest BCUT2D eigenvalue weighted by Gasteiger charge is -2.39. The van der Waals surface area contributed by atoms with Crippen molar-refractivity contribution in [3.63, 3.8) is 0 Å². The summed E-state index contributed by atoms with van der Waals surface area (Å²) in [7, 11) is -0.456. The zero-order valence-corrected chi connectivity index (χ0v) is 19.7. The van der Waals surface area contributed by atoms with E-state index in [-0.39, 0.29) is 22.6 Å². The van der Waals surface area contributed by atoms with Gasteiger partial charge in [-0.05, 0) is 66.7 Å². The summed E-state index contributed by atoms with van der Waals surface area (Å²) in [4.78, 5) is 23.6. The molecular formula is C22H36BN3O4. The second kappa shape index (κ2) is 7.79. The molecule has 0 unspecified atom stereocenters. The number of aromatic nitrogens is 2. The Balaban J connectivity index is 1.57. The van der Waals surface area contributed by atoms with Crippen LogP contribution in [-0.4, -0.2) is 52.9 Å². The standard InChI is InChI=1S/C22H36BN3O4/c1-19(2,3)28-17(27)13-22(8)9-11-26(12-10-22)18-24-14-16(15-25-18)23-29-20(4,5)21(6,7)30-23/h14-15H,9-13H2,1-8H3. The molecule has 0 spiro atoms. The maximum Gasteiger partial charge on any atom is 0.498 e. The zero-order valence-electron chi connectivity index (χ0n) is 19.7. The number of nitrogens with zero attached hydrogens (tertiary/aromatic N) is 3. The summed E-state index contributed by atoms with van der Waals surface area (Å²) in [6.45, 7) is 17.6. The molecule has 8 heteroatoms. The molecule has 0 saturated carbocycles. The van der Waals surface area contributed by atoms with Crippen molar-refractivity contribution in [1.29, 1.82) is 0 Å². The number of hydrogen-bond acceptors (Lipinski definition) is 7. The van der Waals surface area contributed by atoms with Gasteiger partial charge in [0.05, 0.1) is 17.6 Å². The molecule has 2 fully saturated rings. The van der Waals surface area contributed by atoms with Crippen LogP contribution in [0.15, 0.2) is 12.4 Å². The van der Waals surface area contributed by atoms with Gasteiger partial charge in [-0.3, -0.25) is 4.79 Å².